The predicted molar refractivity (Wildman–Crippen MR) is 91.3 cm³/mol. The van der Waals surface area contributed by atoms with Gasteiger partial charge in [-0.25, -0.2) is 4.98 Å². The first-order valence-electron chi connectivity index (χ1n) is 8.34. The molecule has 4 nitrogen and oxygen atoms in total. The SMILES string of the molecule is CCCc1ccccc1N(CC)c1ncc(C(F)(F)F)c(OCC)n1. The number of alkyl halides is 3. The van der Waals surface area contributed by atoms with Crippen molar-refractivity contribution in [3.8, 4) is 5.88 Å². The molecular weight excluding hydrogens is 331 g/mol. The van der Waals surface area contributed by atoms with Crippen LogP contribution in [0, 0.1) is 0 Å². The largest absolute Gasteiger partial charge is 0.477 e. The summed E-state index contributed by atoms with van der Waals surface area (Å²) in [5.74, 6) is -0.242. The number of ether oxygens (including phenoxy) is 1. The maximum Gasteiger partial charge on any atom is 0.423 e. The van der Waals surface area contributed by atoms with Gasteiger partial charge in [0, 0.05) is 18.4 Å². The summed E-state index contributed by atoms with van der Waals surface area (Å²) in [6.07, 6.45) is -1.93. The number of aryl methyl sites for hydroxylation is 1. The molecule has 0 amide bonds. The van der Waals surface area contributed by atoms with Crippen LogP contribution in [0.25, 0.3) is 0 Å². The minimum absolute atomic E-state index is 0.0953. The van der Waals surface area contributed by atoms with Crippen LogP contribution in [0.15, 0.2) is 30.5 Å². The number of nitrogens with zero attached hydrogens (tertiary/aromatic N) is 3. The van der Waals surface area contributed by atoms with Crippen LogP contribution in [0.4, 0.5) is 24.8 Å². The van der Waals surface area contributed by atoms with E-state index in [9.17, 15) is 13.2 Å². The fraction of sp³-hybridized carbons (Fsp3) is 0.444. The van der Waals surface area contributed by atoms with E-state index in [2.05, 4.69) is 16.9 Å². The van der Waals surface area contributed by atoms with Crippen molar-refractivity contribution in [1.82, 2.24) is 9.97 Å². The molecule has 136 valence electrons. The van der Waals surface area contributed by atoms with Crippen molar-refractivity contribution in [3.63, 3.8) is 0 Å². The molecule has 1 aromatic carbocycles. The van der Waals surface area contributed by atoms with E-state index in [1.165, 1.54) is 0 Å². The summed E-state index contributed by atoms with van der Waals surface area (Å²) in [6.45, 7) is 6.23. The molecule has 0 fully saturated rings. The van der Waals surface area contributed by atoms with Gasteiger partial charge in [0.05, 0.1) is 6.61 Å². The van der Waals surface area contributed by atoms with Crippen LogP contribution < -0.4 is 9.64 Å². The zero-order valence-electron chi connectivity index (χ0n) is 14.6. The summed E-state index contributed by atoms with van der Waals surface area (Å²) >= 11 is 0. The number of rotatable bonds is 7. The highest BCUT2D eigenvalue weighted by Crippen LogP contribution is 2.36. The second-order valence-electron chi connectivity index (χ2n) is 5.44. The van der Waals surface area contributed by atoms with Crippen LogP contribution in [0.1, 0.15) is 38.3 Å². The van der Waals surface area contributed by atoms with Crippen LogP contribution in [0.3, 0.4) is 0 Å². The molecule has 0 bridgehead atoms. The molecule has 0 aliphatic carbocycles. The Hall–Kier alpha value is -2.31. The Labute approximate surface area is 145 Å². The van der Waals surface area contributed by atoms with Gasteiger partial charge in [0.2, 0.25) is 11.8 Å². The molecule has 0 aliphatic heterocycles. The number of aromatic nitrogens is 2. The van der Waals surface area contributed by atoms with Gasteiger partial charge in [0.15, 0.2) is 0 Å². The lowest BCUT2D eigenvalue weighted by Crippen LogP contribution is -2.22. The second kappa shape index (κ2) is 8.18. The fourth-order valence-electron chi connectivity index (χ4n) is 2.60. The molecule has 1 aromatic heterocycles. The Balaban J connectivity index is 2.50. The summed E-state index contributed by atoms with van der Waals surface area (Å²) in [5, 5.41) is 0. The zero-order chi connectivity index (χ0) is 18.4. The smallest absolute Gasteiger partial charge is 0.423 e. The van der Waals surface area contributed by atoms with Gasteiger partial charge in [-0.1, -0.05) is 31.5 Å². The van der Waals surface area contributed by atoms with Crippen LogP contribution >= 0.6 is 0 Å². The van der Waals surface area contributed by atoms with Gasteiger partial charge in [-0.05, 0) is 31.9 Å². The molecule has 25 heavy (non-hydrogen) atoms. The Morgan fingerprint density at radius 3 is 2.44 bits per heavy atom. The Bertz CT molecular complexity index is 704. The molecule has 0 unspecified atom stereocenters. The number of benzene rings is 1. The average Bonchev–Trinajstić information content (AvgIpc) is 2.57. The number of hydrogen-bond donors (Lipinski definition) is 0. The molecule has 0 saturated heterocycles. The molecule has 0 aliphatic rings. The van der Waals surface area contributed by atoms with Crippen molar-refractivity contribution in [2.75, 3.05) is 18.1 Å². The predicted octanol–water partition coefficient (Wildman–Crippen LogP) is 5.00. The van der Waals surface area contributed by atoms with E-state index in [0.29, 0.717) is 6.54 Å². The molecule has 1 heterocycles. The molecule has 2 rings (SSSR count). The van der Waals surface area contributed by atoms with Crippen molar-refractivity contribution >= 4 is 11.6 Å². The van der Waals surface area contributed by atoms with E-state index in [1.807, 2.05) is 31.2 Å². The van der Waals surface area contributed by atoms with E-state index in [0.717, 1.165) is 30.3 Å². The van der Waals surface area contributed by atoms with E-state index in [4.69, 9.17) is 4.74 Å². The van der Waals surface area contributed by atoms with Crippen molar-refractivity contribution in [2.45, 2.75) is 39.8 Å². The Morgan fingerprint density at radius 2 is 1.84 bits per heavy atom. The highest BCUT2D eigenvalue weighted by Gasteiger charge is 2.36. The molecule has 0 atom stereocenters. The molecule has 0 N–H and O–H groups in total. The van der Waals surface area contributed by atoms with Crippen LogP contribution in [0.5, 0.6) is 5.88 Å². The van der Waals surface area contributed by atoms with Crippen molar-refractivity contribution in [1.29, 1.82) is 0 Å². The number of halogens is 3. The van der Waals surface area contributed by atoms with Gasteiger partial charge in [-0.15, -0.1) is 0 Å². The quantitative estimate of drug-likeness (QED) is 0.702. The minimum atomic E-state index is -4.56. The summed E-state index contributed by atoms with van der Waals surface area (Å²) in [4.78, 5) is 9.80. The van der Waals surface area contributed by atoms with Gasteiger partial charge in [-0.2, -0.15) is 18.2 Å². The normalized spacial score (nSPS) is 11.4. The maximum atomic E-state index is 13.1. The lowest BCUT2D eigenvalue weighted by atomic mass is 10.1. The lowest BCUT2D eigenvalue weighted by Gasteiger charge is -2.24. The van der Waals surface area contributed by atoms with Crippen molar-refractivity contribution in [3.05, 3.63) is 41.6 Å². The van der Waals surface area contributed by atoms with Crippen molar-refractivity contribution in [2.24, 2.45) is 0 Å². The molecule has 2 aromatic rings. The maximum absolute atomic E-state index is 13.1. The zero-order valence-corrected chi connectivity index (χ0v) is 14.6. The molecule has 0 spiro atoms. The highest BCUT2D eigenvalue weighted by atomic mass is 19.4. The van der Waals surface area contributed by atoms with Gasteiger partial charge in [0.1, 0.15) is 5.56 Å². The summed E-state index contributed by atoms with van der Waals surface area (Å²) in [6, 6.07) is 7.77. The average molecular weight is 353 g/mol. The summed E-state index contributed by atoms with van der Waals surface area (Å²) in [7, 11) is 0. The molecule has 0 radical (unpaired) electrons. The monoisotopic (exact) mass is 353 g/mol. The summed E-state index contributed by atoms with van der Waals surface area (Å²) < 4.78 is 44.4. The summed E-state index contributed by atoms with van der Waals surface area (Å²) in [5.41, 5.74) is 1.04. The van der Waals surface area contributed by atoms with E-state index in [1.54, 1.807) is 11.8 Å². The van der Waals surface area contributed by atoms with Crippen molar-refractivity contribution < 1.29 is 17.9 Å². The standard InChI is InChI=1S/C18H22F3N3O/c1-4-9-13-10-7-8-11-15(13)24(5-2)17-22-12-14(18(19,20)21)16(23-17)25-6-3/h7-8,10-12H,4-6,9H2,1-3H3. The van der Waals surface area contributed by atoms with Crippen LogP contribution in [-0.2, 0) is 12.6 Å². The Morgan fingerprint density at radius 1 is 1.12 bits per heavy atom. The lowest BCUT2D eigenvalue weighted by molar-refractivity contribution is -0.139. The fourth-order valence-corrected chi connectivity index (χ4v) is 2.60. The third-order valence-corrected chi connectivity index (χ3v) is 3.69. The number of anilines is 2. The first kappa shape index (κ1) is 19.0. The Kier molecular flexibility index (Phi) is 6.22. The number of hydrogen-bond acceptors (Lipinski definition) is 4. The van der Waals surface area contributed by atoms with E-state index >= 15 is 0 Å². The van der Waals surface area contributed by atoms with Gasteiger partial charge in [0.25, 0.3) is 0 Å². The first-order chi connectivity index (χ1) is 11.9. The van der Waals surface area contributed by atoms with E-state index in [-0.39, 0.29) is 12.6 Å². The molecule has 7 heteroatoms. The third kappa shape index (κ3) is 4.41. The van der Waals surface area contributed by atoms with Crippen LogP contribution in [-0.4, -0.2) is 23.1 Å². The number of para-hydroxylation sites is 1. The topological polar surface area (TPSA) is 38.2 Å². The van der Waals surface area contributed by atoms with Gasteiger partial charge >= 0.3 is 6.18 Å². The first-order valence-corrected chi connectivity index (χ1v) is 8.34. The second-order valence-corrected chi connectivity index (χ2v) is 5.44. The minimum Gasteiger partial charge on any atom is -0.477 e. The molecule has 0 saturated carbocycles. The van der Waals surface area contributed by atoms with Gasteiger partial charge in [-0.3, -0.25) is 0 Å². The molecular formula is C18H22F3N3O. The van der Waals surface area contributed by atoms with Crippen LogP contribution in [0.2, 0.25) is 0 Å². The van der Waals surface area contributed by atoms with Gasteiger partial charge < -0.3 is 9.64 Å². The third-order valence-electron chi connectivity index (χ3n) is 3.69. The van der Waals surface area contributed by atoms with E-state index < -0.39 is 17.6 Å². The highest BCUT2D eigenvalue weighted by molar-refractivity contribution is 5.62.